The van der Waals surface area contributed by atoms with E-state index in [0.717, 1.165) is 33.0 Å². The van der Waals surface area contributed by atoms with Crippen LogP contribution < -0.4 is 5.32 Å². The highest BCUT2D eigenvalue weighted by molar-refractivity contribution is 9.10. The number of hydrogen-bond acceptors (Lipinski definition) is 1. The van der Waals surface area contributed by atoms with Gasteiger partial charge in [-0.25, -0.2) is 0 Å². The van der Waals surface area contributed by atoms with E-state index in [9.17, 15) is 0 Å². The van der Waals surface area contributed by atoms with Crippen LogP contribution in [0.1, 0.15) is 5.56 Å². The van der Waals surface area contributed by atoms with Crippen LogP contribution in [0.4, 0.5) is 5.69 Å². The normalized spacial score (nSPS) is 10.6. The van der Waals surface area contributed by atoms with E-state index >= 15 is 0 Å². The molecule has 0 aliphatic heterocycles. The second kappa shape index (κ2) is 6.37. The molecule has 2 nitrogen and oxygen atoms in total. The van der Waals surface area contributed by atoms with E-state index in [1.54, 1.807) is 0 Å². The molecule has 0 amide bonds. The topological polar surface area (TPSA) is 17.0 Å². The van der Waals surface area contributed by atoms with Gasteiger partial charge in [-0.1, -0.05) is 33.6 Å². The van der Waals surface area contributed by atoms with E-state index < -0.39 is 0 Å². The number of rotatable bonds is 4. The van der Waals surface area contributed by atoms with Crippen LogP contribution in [-0.4, -0.2) is 4.57 Å². The Morgan fingerprint density at radius 2 is 1.81 bits per heavy atom. The summed E-state index contributed by atoms with van der Waals surface area (Å²) in [5, 5.41) is 4.18. The molecule has 0 fully saturated rings. The molecule has 1 aromatic heterocycles. The van der Waals surface area contributed by atoms with Crippen molar-refractivity contribution in [1.82, 2.24) is 4.57 Å². The van der Waals surface area contributed by atoms with Crippen LogP contribution in [-0.2, 0) is 6.54 Å². The molecule has 0 aliphatic rings. The van der Waals surface area contributed by atoms with Crippen molar-refractivity contribution in [3.05, 3.63) is 82.0 Å². The minimum Gasteiger partial charge on any atom is -0.381 e. The average molecular weight is 362 g/mol. The molecule has 3 rings (SSSR count). The molecule has 0 saturated carbocycles. The van der Waals surface area contributed by atoms with Gasteiger partial charge in [0.25, 0.3) is 0 Å². The van der Waals surface area contributed by atoms with Crippen LogP contribution in [0.5, 0.6) is 0 Å². The van der Waals surface area contributed by atoms with Crippen molar-refractivity contribution in [2.45, 2.75) is 6.54 Å². The van der Waals surface area contributed by atoms with Gasteiger partial charge in [0.15, 0.2) is 0 Å². The van der Waals surface area contributed by atoms with Gasteiger partial charge in [0.2, 0.25) is 0 Å². The zero-order chi connectivity index (χ0) is 14.7. The monoisotopic (exact) mass is 360 g/mol. The molecule has 0 unspecified atom stereocenters. The Morgan fingerprint density at radius 1 is 1.00 bits per heavy atom. The van der Waals surface area contributed by atoms with Gasteiger partial charge < -0.3 is 9.88 Å². The second-order valence-electron chi connectivity index (χ2n) is 4.73. The summed E-state index contributed by atoms with van der Waals surface area (Å²) < 4.78 is 3.14. The summed E-state index contributed by atoms with van der Waals surface area (Å²) in [4.78, 5) is 0. The fourth-order valence-electron chi connectivity index (χ4n) is 2.16. The number of nitrogens with one attached hydrogen (secondary N) is 1. The number of aromatic nitrogens is 1. The van der Waals surface area contributed by atoms with E-state index in [-0.39, 0.29) is 0 Å². The Bertz CT molecular complexity index is 738. The Hall–Kier alpha value is -1.71. The van der Waals surface area contributed by atoms with Gasteiger partial charge in [-0.2, -0.15) is 0 Å². The lowest BCUT2D eigenvalue weighted by molar-refractivity contribution is 1.07. The summed E-state index contributed by atoms with van der Waals surface area (Å²) in [5.74, 6) is 0. The van der Waals surface area contributed by atoms with Crippen molar-refractivity contribution in [1.29, 1.82) is 0 Å². The van der Waals surface area contributed by atoms with Crippen LogP contribution in [0.2, 0.25) is 5.02 Å². The predicted octanol–water partition coefficient (Wildman–Crippen LogP) is 5.51. The summed E-state index contributed by atoms with van der Waals surface area (Å²) in [7, 11) is 0. The largest absolute Gasteiger partial charge is 0.381 e. The van der Waals surface area contributed by atoms with Crippen molar-refractivity contribution in [3.8, 4) is 5.69 Å². The van der Waals surface area contributed by atoms with Gasteiger partial charge in [-0.15, -0.1) is 0 Å². The van der Waals surface area contributed by atoms with Gasteiger partial charge >= 0.3 is 0 Å². The number of hydrogen-bond donors (Lipinski definition) is 1. The van der Waals surface area contributed by atoms with Crippen LogP contribution in [0.3, 0.4) is 0 Å². The fourth-order valence-corrected chi connectivity index (χ4v) is 2.74. The van der Waals surface area contributed by atoms with Crippen LogP contribution in [0.25, 0.3) is 5.69 Å². The first-order chi connectivity index (χ1) is 10.2. The summed E-state index contributed by atoms with van der Waals surface area (Å²) in [6.45, 7) is 0.719. The molecule has 21 heavy (non-hydrogen) atoms. The summed E-state index contributed by atoms with van der Waals surface area (Å²) in [5.41, 5.74) is 3.34. The second-order valence-corrected chi connectivity index (χ2v) is 6.02. The van der Waals surface area contributed by atoms with Gasteiger partial charge in [-0.05, 0) is 54.1 Å². The lowest BCUT2D eigenvalue weighted by Crippen LogP contribution is -2.01. The molecule has 0 bridgehead atoms. The minimum atomic E-state index is 0.719. The molecule has 3 aromatic rings. The van der Waals surface area contributed by atoms with Gasteiger partial charge in [0, 0.05) is 39.8 Å². The Morgan fingerprint density at radius 3 is 2.62 bits per heavy atom. The maximum absolute atomic E-state index is 6.04. The smallest absolute Gasteiger partial charge is 0.0469 e. The molecule has 0 atom stereocenters. The summed E-state index contributed by atoms with van der Waals surface area (Å²) >= 11 is 9.59. The third-order valence-electron chi connectivity index (χ3n) is 3.24. The van der Waals surface area contributed by atoms with Crippen molar-refractivity contribution in [3.63, 3.8) is 0 Å². The summed E-state index contributed by atoms with van der Waals surface area (Å²) in [6.07, 6.45) is 4.07. The standard InChI is InChI=1S/C17H14BrClN2/c18-17-7-6-14(19)10-13(17)12-20-15-4-3-5-16(11-15)21-8-1-2-9-21/h1-11,20H,12H2. The van der Waals surface area contributed by atoms with Crippen molar-refractivity contribution >= 4 is 33.2 Å². The van der Waals surface area contributed by atoms with Gasteiger partial charge in [0.05, 0.1) is 0 Å². The highest BCUT2D eigenvalue weighted by Gasteiger charge is 2.02. The first kappa shape index (κ1) is 14.2. The molecule has 1 heterocycles. The predicted molar refractivity (Wildman–Crippen MR) is 92.2 cm³/mol. The molecule has 106 valence electrons. The van der Waals surface area contributed by atoms with Crippen LogP contribution >= 0.6 is 27.5 Å². The van der Waals surface area contributed by atoms with Crippen LogP contribution in [0, 0.1) is 0 Å². The zero-order valence-electron chi connectivity index (χ0n) is 11.3. The van der Waals surface area contributed by atoms with E-state index in [1.807, 2.05) is 48.8 Å². The minimum absolute atomic E-state index is 0.719. The molecule has 0 radical (unpaired) electrons. The molecular formula is C17H14BrClN2. The molecule has 0 saturated heterocycles. The third kappa shape index (κ3) is 3.49. The Kier molecular flexibility index (Phi) is 4.32. The first-order valence-corrected chi connectivity index (χ1v) is 7.81. The average Bonchev–Trinajstić information content (AvgIpc) is 3.03. The lowest BCUT2D eigenvalue weighted by atomic mass is 10.2. The van der Waals surface area contributed by atoms with E-state index in [4.69, 9.17) is 11.6 Å². The quantitative estimate of drug-likeness (QED) is 0.649. The molecule has 2 aromatic carbocycles. The molecular weight excluding hydrogens is 348 g/mol. The maximum atomic E-state index is 6.04. The Labute approximate surface area is 137 Å². The SMILES string of the molecule is Clc1ccc(Br)c(CNc2cccc(-n3cccc3)c2)c1. The maximum Gasteiger partial charge on any atom is 0.0469 e. The molecule has 4 heteroatoms. The van der Waals surface area contributed by atoms with Crippen molar-refractivity contribution in [2.24, 2.45) is 0 Å². The van der Waals surface area contributed by atoms with Gasteiger partial charge in [-0.3, -0.25) is 0 Å². The first-order valence-electron chi connectivity index (χ1n) is 6.63. The third-order valence-corrected chi connectivity index (χ3v) is 4.25. The highest BCUT2D eigenvalue weighted by Crippen LogP contribution is 2.23. The number of halogens is 2. The molecule has 0 aliphatic carbocycles. The number of nitrogens with zero attached hydrogens (tertiary/aromatic N) is 1. The lowest BCUT2D eigenvalue weighted by Gasteiger charge is -2.11. The number of benzene rings is 2. The van der Waals surface area contributed by atoms with Crippen LogP contribution in [0.15, 0.2) is 71.5 Å². The summed E-state index contributed by atoms with van der Waals surface area (Å²) in [6, 6.07) is 18.2. The number of anilines is 1. The zero-order valence-corrected chi connectivity index (χ0v) is 13.6. The van der Waals surface area contributed by atoms with E-state index in [0.29, 0.717) is 0 Å². The van der Waals surface area contributed by atoms with Crippen molar-refractivity contribution in [2.75, 3.05) is 5.32 Å². The molecule has 0 spiro atoms. The van der Waals surface area contributed by atoms with Crippen molar-refractivity contribution < 1.29 is 0 Å². The molecule has 1 N–H and O–H groups in total. The fraction of sp³-hybridized carbons (Fsp3) is 0.0588. The Balaban J connectivity index is 1.76. The van der Waals surface area contributed by atoms with Gasteiger partial charge in [0.1, 0.15) is 0 Å². The highest BCUT2D eigenvalue weighted by atomic mass is 79.9. The van der Waals surface area contributed by atoms with E-state index in [1.165, 1.54) is 0 Å². The van der Waals surface area contributed by atoms with E-state index in [2.05, 4.69) is 44.0 Å².